The van der Waals surface area contributed by atoms with Gasteiger partial charge in [-0.1, -0.05) is 42.0 Å². The summed E-state index contributed by atoms with van der Waals surface area (Å²) in [5, 5.41) is 12.1. The van der Waals surface area contributed by atoms with E-state index < -0.39 is 6.10 Å². The maximum Gasteiger partial charge on any atom is 0.0969 e. The van der Waals surface area contributed by atoms with Gasteiger partial charge in [-0.2, -0.15) is 0 Å². The average molecular weight is 320 g/mol. The molecule has 3 heteroatoms. The number of aliphatic hydroxyl groups is 1. The van der Waals surface area contributed by atoms with E-state index in [1.54, 1.807) is 0 Å². The van der Waals surface area contributed by atoms with Crippen LogP contribution in [0.1, 0.15) is 28.5 Å². The molecule has 0 radical (unpaired) electrons. The molecule has 2 aromatic carbocycles. The highest BCUT2D eigenvalue weighted by molar-refractivity contribution is 5.86. The third-order valence-electron chi connectivity index (χ3n) is 5.14. The molecule has 3 aromatic rings. The molecule has 3 nitrogen and oxygen atoms in total. The summed E-state index contributed by atoms with van der Waals surface area (Å²) in [4.78, 5) is 2.38. The van der Waals surface area contributed by atoms with Crippen molar-refractivity contribution in [3.8, 4) is 0 Å². The van der Waals surface area contributed by atoms with Gasteiger partial charge >= 0.3 is 0 Å². The first kappa shape index (κ1) is 15.4. The highest BCUT2D eigenvalue weighted by Crippen LogP contribution is 2.32. The molecule has 24 heavy (non-hydrogen) atoms. The van der Waals surface area contributed by atoms with E-state index in [4.69, 9.17) is 0 Å². The fourth-order valence-corrected chi connectivity index (χ4v) is 3.86. The van der Waals surface area contributed by atoms with E-state index in [0.29, 0.717) is 6.54 Å². The second-order valence-electron chi connectivity index (χ2n) is 6.97. The van der Waals surface area contributed by atoms with Crippen LogP contribution >= 0.6 is 0 Å². The van der Waals surface area contributed by atoms with E-state index in [9.17, 15) is 5.11 Å². The van der Waals surface area contributed by atoms with Gasteiger partial charge in [-0.05, 0) is 37.2 Å². The third kappa shape index (κ3) is 2.64. The number of benzene rings is 2. The fourth-order valence-electron chi connectivity index (χ4n) is 3.86. The van der Waals surface area contributed by atoms with E-state index in [0.717, 1.165) is 25.1 Å². The summed E-state index contributed by atoms with van der Waals surface area (Å²) in [6, 6.07) is 16.6. The SMILES string of the molecule is Cc1ccc2c(c1)c1c(n2CC(O)c2ccccc2)CCN(C)C1. The lowest BCUT2D eigenvalue weighted by atomic mass is 10.0. The second-order valence-corrected chi connectivity index (χ2v) is 6.97. The first-order valence-corrected chi connectivity index (χ1v) is 8.65. The van der Waals surface area contributed by atoms with Crippen LogP contribution in [0.2, 0.25) is 0 Å². The quantitative estimate of drug-likeness (QED) is 0.797. The Bertz CT molecular complexity index is 866. The molecule has 4 rings (SSSR count). The summed E-state index contributed by atoms with van der Waals surface area (Å²) in [6.07, 6.45) is 0.563. The summed E-state index contributed by atoms with van der Waals surface area (Å²) in [6.45, 7) is 4.82. The predicted molar refractivity (Wildman–Crippen MR) is 98.1 cm³/mol. The maximum atomic E-state index is 10.7. The van der Waals surface area contributed by atoms with Crippen molar-refractivity contribution in [2.24, 2.45) is 0 Å². The molecular formula is C21H24N2O. The number of nitrogens with zero attached hydrogens (tertiary/aromatic N) is 2. The summed E-state index contributed by atoms with van der Waals surface area (Å²) in [7, 11) is 2.18. The van der Waals surface area contributed by atoms with Gasteiger partial charge in [0, 0.05) is 36.1 Å². The van der Waals surface area contributed by atoms with Crippen molar-refractivity contribution >= 4 is 10.9 Å². The molecule has 0 saturated carbocycles. The van der Waals surface area contributed by atoms with Crippen LogP contribution in [0, 0.1) is 6.92 Å². The lowest BCUT2D eigenvalue weighted by Crippen LogP contribution is -2.27. The molecule has 0 saturated heterocycles. The number of aromatic nitrogens is 1. The topological polar surface area (TPSA) is 28.4 Å². The summed E-state index contributed by atoms with van der Waals surface area (Å²) in [5.41, 5.74) is 6.34. The van der Waals surface area contributed by atoms with Crippen LogP contribution in [0.3, 0.4) is 0 Å². The van der Waals surface area contributed by atoms with Crippen LogP contribution in [0.4, 0.5) is 0 Å². The standard InChI is InChI=1S/C21H24N2O/c1-15-8-9-19-17(12-15)18-13-22(2)11-10-20(18)23(19)14-21(24)16-6-4-3-5-7-16/h3-9,12,21,24H,10-11,13-14H2,1-2H3. The minimum atomic E-state index is -0.480. The lowest BCUT2D eigenvalue weighted by molar-refractivity contribution is 0.156. The molecule has 2 heterocycles. The van der Waals surface area contributed by atoms with Gasteiger partial charge in [0.05, 0.1) is 12.6 Å². The number of rotatable bonds is 3. The minimum Gasteiger partial charge on any atom is -0.387 e. The molecule has 0 amide bonds. The molecule has 124 valence electrons. The van der Waals surface area contributed by atoms with Gasteiger partial charge in [-0.25, -0.2) is 0 Å². The Hall–Kier alpha value is -2.10. The van der Waals surface area contributed by atoms with Gasteiger partial charge in [-0.15, -0.1) is 0 Å². The van der Waals surface area contributed by atoms with Crippen molar-refractivity contribution in [1.82, 2.24) is 9.47 Å². The summed E-state index contributed by atoms with van der Waals surface area (Å²) in [5.74, 6) is 0. The fraction of sp³-hybridized carbons (Fsp3) is 0.333. The maximum absolute atomic E-state index is 10.7. The molecule has 1 aliphatic rings. The van der Waals surface area contributed by atoms with Gasteiger partial charge in [0.1, 0.15) is 0 Å². The second kappa shape index (κ2) is 6.08. The van der Waals surface area contributed by atoms with E-state index in [1.165, 1.54) is 27.7 Å². The van der Waals surface area contributed by atoms with Gasteiger partial charge in [-0.3, -0.25) is 0 Å². The van der Waals surface area contributed by atoms with Crippen LogP contribution in [-0.4, -0.2) is 28.2 Å². The minimum absolute atomic E-state index is 0.480. The molecule has 0 bridgehead atoms. The summed E-state index contributed by atoms with van der Waals surface area (Å²) >= 11 is 0. The molecule has 1 unspecified atom stereocenters. The van der Waals surface area contributed by atoms with Crippen LogP contribution in [0.5, 0.6) is 0 Å². The molecule has 1 aliphatic heterocycles. The zero-order valence-electron chi connectivity index (χ0n) is 14.4. The molecule has 1 N–H and O–H groups in total. The van der Waals surface area contributed by atoms with Gasteiger partial charge < -0.3 is 14.6 Å². The lowest BCUT2D eigenvalue weighted by Gasteiger charge is -2.25. The molecule has 0 aliphatic carbocycles. The largest absolute Gasteiger partial charge is 0.387 e. The monoisotopic (exact) mass is 320 g/mol. The zero-order valence-corrected chi connectivity index (χ0v) is 14.4. The Morgan fingerprint density at radius 3 is 2.71 bits per heavy atom. The van der Waals surface area contributed by atoms with Crippen molar-refractivity contribution in [3.05, 3.63) is 70.9 Å². The molecule has 1 atom stereocenters. The Kier molecular flexibility index (Phi) is 3.91. The Morgan fingerprint density at radius 1 is 1.12 bits per heavy atom. The van der Waals surface area contributed by atoms with E-state index in [-0.39, 0.29) is 0 Å². The van der Waals surface area contributed by atoms with Crippen LogP contribution in [-0.2, 0) is 19.5 Å². The van der Waals surface area contributed by atoms with Gasteiger partial charge in [0.2, 0.25) is 0 Å². The van der Waals surface area contributed by atoms with Crippen molar-refractivity contribution in [1.29, 1.82) is 0 Å². The van der Waals surface area contributed by atoms with Gasteiger partial charge in [0.15, 0.2) is 0 Å². The number of likely N-dealkylation sites (N-methyl/N-ethyl adjacent to an activating group) is 1. The zero-order chi connectivity index (χ0) is 16.7. The van der Waals surface area contributed by atoms with E-state index in [2.05, 4.69) is 41.6 Å². The first-order chi connectivity index (χ1) is 11.6. The Morgan fingerprint density at radius 2 is 1.92 bits per heavy atom. The molecular weight excluding hydrogens is 296 g/mol. The first-order valence-electron chi connectivity index (χ1n) is 8.65. The average Bonchev–Trinajstić information content (AvgIpc) is 2.88. The van der Waals surface area contributed by atoms with Crippen LogP contribution < -0.4 is 0 Å². The van der Waals surface area contributed by atoms with Crippen LogP contribution in [0.15, 0.2) is 48.5 Å². The van der Waals surface area contributed by atoms with E-state index in [1.807, 2.05) is 30.3 Å². The van der Waals surface area contributed by atoms with Crippen LogP contribution in [0.25, 0.3) is 10.9 Å². The van der Waals surface area contributed by atoms with Crippen molar-refractivity contribution in [3.63, 3.8) is 0 Å². The van der Waals surface area contributed by atoms with Crippen molar-refractivity contribution < 1.29 is 5.11 Å². The van der Waals surface area contributed by atoms with Crippen molar-refractivity contribution in [2.75, 3.05) is 13.6 Å². The normalized spacial score (nSPS) is 16.3. The van der Waals surface area contributed by atoms with Gasteiger partial charge in [0.25, 0.3) is 0 Å². The highest BCUT2D eigenvalue weighted by Gasteiger charge is 2.23. The number of hydrogen-bond donors (Lipinski definition) is 1. The molecule has 1 aromatic heterocycles. The van der Waals surface area contributed by atoms with Crippen molar-refractivity contribution in [2.45, 2.75) is 32.5 Å². The number of aliphatic hydroxyl groups excluding tert-OH is 1. The van der Waals surface area contributed by atoms with E-state index >= 15 is 0 Å². The third-order valence-corrected chi connectivity index (χ3v) is 5.14. The number of aryl methyl sites for hydroxylation is 1. The predicted octanol–water partition coefficient (Wildman–Crippen LogP) is 3.67. The molecule has 0 spiro atoms. The summed E-state index contributed by atoms with van der Waals surface area (Å²) < 4.78 is 2.34. The smallest absolute Gasteiger partial charge is 0.0969 e. The Labute approximate surface area is 143 Å². The number of fused-ring (bicyclic) bond motifs is 3. The number of hydrogen-bond acceptors (Lipinski definition) is 2. The highest BCUT2D eigenvalue weighted by atomic mass is 16.3. The Balaban J connectivity index is 1.80. The molecule has 0 fully saturated rings.